The largest absolute Gasteiger partial charge is 0.347 e. The molecule has 3 heterocycles. The Morgan fingerprint density at radius 1 is 1.04 bits per heavy atom. The van der Waals surface area contributed by atoms with Gasteiger partial charge in [-0.3, -0.25) is 0 Å². The van der Waals surface area contributed by atoms with Crippen molar-refractivity contribution in [1.82, 2.24) is 13.9 Å². The number of hydrogen-bond donors (Lipinski definition) is 0. The molecule has 1 aromatic rings. The summed E-state index contributed by atoms with van der Waals surface area (Å²) in [5, 5.41) is 0. The highest BCUT2D eigenvalue weighted by molar-refractivity contribution is 5.41. The minimum atomic E-state index is -0.487. The van der Waals surface area contributed by atoms with E-state index in [-0.39, 0.29) is 34.2 Å². The van der Waals surface area contributed by atoms with Crippen molar-refractivity contribution in [1.29, 1.82) is 0 Å². The molecule has 0 unspecified atom stereocenters. The van der Waals surface area contributed by atoms with Gasteiger partial charge in [-0.2, -0.15) is 0 Å². The zero-order valence-electron chi connectivity index (χ0n) is 15.6. The van der Waals surface area contributed by atoms with Gasteiger partial charge in [-0.1, -0.05) is 65.3 Å². The topological polar surface area (TPSA) is 48.9 Å². The number of aromatic nitrogens is 3. The molecule has 24 heavy (non-hydrogen) atoms. The Kier molecular flexibility index (Phi) is 2.66. The fourth-order valence-corrected chi connectivity index (χ4v) is 5.17. The standard InChI is InChI=1S/C19H27N3O2/c1-17(2,3)11-10-12-14(11)13-8-9-19(12,18(4,5)6)22-16(24)20(7)15(23)21(13)22/h8-10,12-14H,1-7H3/t12-,13+,14+,19+/m1/s1. The molecule has 4 atom stereocenters. The van der Waals surface area contributed by atoms with E-state index in [1.807, 2.05) is 0 Å². The average molecular weight is 329 g/mol. The van der Waals surface area contributed by atoms with Gasteiger partial charge in [-0.25, -0.2) is 23.5 Å². The molecule has 0 saturated carbocycles. The maximum atomic E-state index is 12.9. The first-order chi connectivity index (χ1) is 10.9. The average Bonchev–Trinajstić information content (AvgIpc) is 2.62. The van der Waals surface area contributed by atoms with Gasteiger partial charge in [0.1, 0.15) is 0 Å². The summed E-state index contributed by atoms with van der Waals surface area (Å²) in [5.41, 5.74) is 0.400. The summed E-state index contributed by atoms with van der Waals surface area (Å²) in [4.78, 5) is 25.7. The van der Waals surface area contributed by atoms with Crippen molar-refractivity contribution < 1.29 is 0 Å². The third kappa shape index (κ3) is 1.47. The van der Waals surface area contributed by atoms with E-state index in [0.717, 1.165) is 0 Å². The van der Waals surface area contributed by atoms with Crippen LogP contribution in [0.2, 0.25) is 0 Å². The molecule has 5 heteroatoms. The van der Waals surface area contributed by atoms with Crippen LogP contribution in [-0.2, 0) is 12.6 Å². The van der Waals surface area contributed by atoms with Crippen LogP contribution < -0.4 is 11.4 Å². The predicted molar refractivity (Wildman–Crippen MR) is 94.1 cm³/mol. The Morgan fingerprint density at radius 2 is 1.67 bits per heavy atom. The molecule has 2 aliphatic carbocycles. The van der Waals surface area contributed by atoms with E-state index < -0.39 is 5.54 Å². The second-order valence-corrected chi connectivity index (χ2v) is 9.63. The Labute approximate surface area is 142 Å². The SMILES string of the molecule is Cn1c(=O)n2n(c1=O)[C@@]1(C(C)(C)C)C=C[C@H]2[C@H]2C(C(C)(C)C)=C[C@H]21. The summed E-state index contributed by atoms with van der Waals surface area (Å²) >= 11 is 0. The molecular weight excluding hydrogens is 302 g/mol. The van der Waals surface area contributed by atoms with Crippen LogP contribution in [0.25, 0.3) is 0 Å². The van der Waals surface area contributed by atoms with E-state index >= 15 is 0 Å². The van der Waals surface area contributed by atoms with Gasteiger partial charge in [0.25, 0.3) is 0 Å². The van der Waals surface area contributed by atoms with Crippen LogP contribution in [0.4, 0.5) is 0 Å². The Morgan fingerprint density at radius 3 is 2.21 bits per heavy atom. The molecule has 5 nitrogen and oxygen atoms in total. The zero-order chi connectivity index (χ0) is 17.8. The van der Waals surface area contributed by atoms with Crippen molar-refractivity contribution in [3.05, 3.63) is 44.8 Å². The molecule has 0 radical (unpaired) electrons. The third-order valence-corrected chi connectivity index (χ3v) is 6.40. The van der Waals surface area contributed by atoms with Gasteiger partial charge in [0.2, 0.25) is 0 Å². The molecule has 2 aliphatic heterocycles. The summed E-state index contributed by atoms with van der Waals surface area (Å²) < 4.78 is 4.71. The van der Waals surface area contributed by atoms with Crippen LogP contribution in [0.5, 0.6) is 0 Å². The molecule has 0 fully saturated rings. The number of allylic oxidation sites excluding steroid dienone is 4. The molecule has 2 bridgehead atoms. The van der Waals surface area contributed by atoms with Crippen molar-refractivity contribution in [2.24, 2.45) is 29.7 Å². The van der Waals surface area contributed by atoms with Gasteiger partial charge >= 0.3 is 11.4 Å². The van der Waals surface area contributed by atoms with Crippen LogP contribution >= 0.6 is 0 Å². The molecule has 0 spiro atoms. The molecule has 1 aromatic heterocycles. The first-order valence-electron chi connectivity index (χ1n) is 8.75. The summed E-state index contributed by atoms with van der Waals surface area (Å²) in [7, 11) is 1.58. The quantitative estimate of drug-likeness (QED) is 0.687. The van der Waals surface area contributed by atoms with Gasteiger partial charge < -0.3 is 0 Å². The number of nitrogens with zero attached hydrogens (tertiary/aromatic N) is 3. The normalized spacial score (nSPS) is 33.8. The van der Waals surface area contributed by atoms with Gasteiger partial charge in [-0.05, 0) is 10.8 Å². The van der Waals surface area contributed by atoms with Gasteiger partial charge in [0.05, 0.1) is 11.6 Å². The summed E-state index contributed by atoms with van der Waals surface area (Å²) in [5.74, 6) is 0.565. The van der Waals surface area contributed by atoms with E-state index in [1.165, 1.54) is 10.1 Å². The van der Waals surface area contributed by atoms with Gasteiger partial charge in [0, 0.05) is 18.9 Å². The Balaban J connectivity index is 2.08. The monoisotopic (exact) mass is 329 g/mol. The number of rotatable bonds is 0. The van der Waals surface area contributed by atoms with E-state index in [2.05, 4.69) is 59.8 Å². The van der Waals surface area contributed by atoms with Crippen LogP contribution in [0.3, 0.4) is 0 Å². The van der Waals surface area contributed by atoms with Gasteiger partial charge in [0.15, 0.2) is 0 Å². The lowest BCUT2D eigenvalue weighted by Gasteiger charge is -2.63. The molecule has 5 rings (SSSR count). The smallest absolute Gasteiger partial charge is 0.246 e. The zero-order valence-corrected chi connectivity index (χ0v) is 15.6. The minimum absolute atomic E-state index is 0.0557. The first-order valence-corrected chi connectivity index (χ1v) is 8.75. The highest BCUT2D eigenvalue weighted by Crippen LogP contribution is 2.64. The summed E-state index contributed by atoms with van der Waals surface area (Å²) in [6.45, 7) is 13.2. The van der Waals surface area contributed by atoms with Crippen molar-refractivity contribution in [2.75, 3.05) is 0 Å². The van der Waals surface area contributed by atoms with Crippen molar-refractivity contribution in [3.8, 4) is 0 Å². The van der Waals surface area contributed by atoms with E-state index in [0.29, 0.717) is 5.92 Å². The highest BCUT2D eigenvalue weighted by Gasteiger charge is 2.64. The second kappa shape index (κ2) is 4.06. The first kappa shape index (κ1) is 15.7. The maximum absolute atomic E-state index is 12.9. The van der Waals surface area contributed by atoms with Crippen molar-refractivity contribution in [3.63, 3.8) is 0 Å². The molecule has 0 amide bonds. The summed E-state index contributed by atoms with van der Waals surface area (Å²) in [6.07, 6.45) is 6.71. The summed E-state index contributed by atoms with van der Waals surface area (Å²) in [6, 6.07) is -0.0557. The van der Waals surface area contributed by atoms with Crippen molar-refractivity contribution in [2.45, 2.75) is 53.1 Å². The fourth-order valence-electron chi connectivity index (χ4n) is 5.17. The molecular formula is C19H27N3O2. The lowest BCUT2D eigenvalue weighted by Crippen LogP contribution is -2.67. The van der Waals surface area contributed by atoms with E-state index in [1.54, 1.807) is 16.4 Å². The second-order valence-electron chi connectivity index (χ2n) is 9.63. The van der Waals surface area contributed by atoms with Crippen molar-refractivity contribution >= 4 is 0 Å². The van der Waals surface area contributed by atoms with Crippen LogP contribution in [0, 0.1) is 22.7 Å². The van der Waals surface area contributed by atoms with Crippen LogP contribution in [0.1, 0.15) is 47.6 Å². The van der Waals surface area contributed by atoms with Gasteiger partial charge in [-0.15, -0.1) is 0 Å². The highest BCUT2D eigenvalue weighted by atomic mass is 16.2. The van der Waals surface area contributed by atoms with Crippen LogP contribution in [0.15, 0.2) is 33.4 Å². The third-order valence-electron chi connectivity index (χ3n) is 6.40. The molecule has 130 valence electrons. The lowest BCUT2D eigenvalue weighted by molar-refractivity contribution is -0.0385. The number of hydrogen-bond acceptors (Lipinski definition) is 2. The van der Waals surface area contributed by atoms with E-state index in [9.17, 15) is 9.59 Å². The molecule has 0 aromatic carbocycles. The molecule has 0 saturated heterocycles. The Bertz CT molecular complexity index is 910. The van der Waals surface area contributed by atoms with Crippen LogP contribution in [-0.4, -0.2) is 13.9 Å². The molecule has 4 aliphatic rings. The molecule has 0 N–H and O–H groups in total. The fraction of sp³-hybridized carbons (Fsp3) is 0.684. The maximum Gasteiger partial charge on any atom is 0.347 e. The predicted octanol–water partition coefficient (Wildman–Crippen LogP) is 2.43. The van der Waals surface area contributed by atoms with E-state index in [4.69, 9.17) is 0 Å². The lowest BCUT2D eigenvalue weighted by atomic mass is 9.48. The Hall–Kier alpha value is -1.78. The minimum Gasteiger partial charge on any atom is -0.246 e.